The van der Waals surface area contributed by atoms with Gasteiger partial charge in [-0.25, -0.2) is 4.98 Å². The fourth-order valence-corrected chi connectivity index (χ4v) is 3.23. The fraction of sp³-hybridized carbons (Fsp3) is 0.786. The van der Waals surface area contributed by atoms with E-state index in [4.69, 9.17) is 14.8 Å². The molecular formula is C14H24N2O2S. The van der Waals surface area contributed by atoms with Gasteiger partial charge < -0.3 is 9.84 Å². The number of hydrogen-bond acceptors (Lipinski definition) is 5. The van der Waals surface area contributed by atoms with E-state index in [1.807, 2.05) is 0 Å². The number of aliphatic hydroxyl groups is 1. The standard InChI is InChI=1S/C14H24N2O2S/c1-2-3-6-16(7-8-17)10-12-11-19-14(15-12)13-5-4-9-18-13/h11,13,17H,2-10H2,1H3. The van der Waals surface area contributed by atoms with Crippen molar-refractivity contribution in [1.29, 1.82) is 0 Å². The molecule has 0 amide bonds. The van der Waals surface area contributed by atoms with Gasteiger partial charge in [-0.05, 0) is 25.8 Å². The molecule has 1 aromatic heterocycles. The van der Waals surface area contributed by atoms with E-state index >= 15 is 0 Å². The van der Waals surface area contributed by atoms with Gasteiger partial charge in [-0.15, -0.1) is 11.3 Å². The minimum absolute atomic E-state index is 0.215. The summed E-state index contributed by atoms with van der Waals surface area (Å²) in [5.41, 5.74) is 1.11. The van der Waals surface area contributed by atoms with E-state index in [9.17, 15) is 0 Å². The SMILES string of the molecule is CCCCN(CCO)Cc1csc(C2CCCO2)n1. The van der Waals surface area contributed by atoms with Crippen molar-refractivity contribution in [3.05, 3.63) is 16.1 Å². The van der Waals surface area contributed by atoms with Crippen LogP contribution in [0, 0.1) is 0 Å². The van der Waals surface area contributed by atoms with Crippen LogP contribution < -0.4 is 0 Å². The second-order valence-electron chi connectivity index (χ2n) is 5.03. The van der Waals surface area contributed by atoms with Crippen molar-refractivity contribution in [2.24, 2.45) is 0 Å². The molecule has 2 heterocycles. The molecule has 1 aromatic rings. The van der Waals surface area contributed by atoms with Gasteiger partial charge in [0, 0.05) is 25.1 Å². The molecule has 0 aliphatic carbocycles. The van der Waals surface area contributed by atoms with E-state index in [2.05, 4.69) is 17.2 Å². The minimum atomic E-state index is 0.215. The third kappa shape index (κ3) is 4.53. The number of aliphatic hydroxyl groups excluding tert-OH is 1. The van der Waals surface area contributed by atoms with Crippen LogP contribution in [-0.2, 0) is 11.3 Å². The summed E-state index contributed by atoms with van der Waals surface area (Å²) < 4.78 is 5.66. The van der Waals surface area contributed by atoms with E-state index in [1.54, 1.807) is 11.3 Å². The van der Waals surface area contributed by atoms with Crippen LogP contribution in [0.3, 0.4) is 0 Å². The topological polar surface area (TPSA) is 45.6 Å². The highest BCUT2D eigenvalue weighted by molar-refractivity contribution is 7.09. The Bertz CT molecular complexity index is 364. The minimum Gasteiger partial charge on any atom is -0.395 e. The summed E-state index contributed by atoms with van der Waals surface area (Å²) in [7, 11) is 0. The monoisotopic (exact) mass is 284 g/mol. The molecule has 2 rings (SSSR count). The third-order valence-electron chi connectivity index (χ3n) is 3.40. The maximum atomic E-state index is 9.11. The maximum Gasteiger partial charge on any atom is 0.122 e. The lowest BCUT2D eigenvalue weighted by molar-refractivity contribution is 0.111. The van der Waals surface area contributed by atoms with Crippen LogP contribution in [0.25, 0.3) is 0 Å². The molecule has 1 aliphatic rings. The highest BCUT2D eigenvalue weighted by Crippen LogP contribution is 2.30. The first kappa shape index (κ1) is 14.9. The van der Waals surface area contributed by atoms with Gasteiger partial charge in [-0.2, -0.15) is 0 Å². The van der Waals surface area contributed by atoms with Crippen LogP contribution in [0.2, 0.25) is 0 Å². The lowest BCUT2D eigenvalue weighted by Crippen LogP contribution is -2.27. The Morgan fingerprint density at radius 3 is 3.11 bits per heavy atom. The van der Waals surface area contributed by atoms with Crippen LogP contribution in [0.1, 0.15) is 49.4 Å². The molecule has 0 saturated carbocycles. The summed E-state index contributed by atoms with van der Waals surface area (Å²) in [5, 5.41) is 12.4. The van der Waals surface area contributed by atoms with E-state index in [1.165, 1.54) is 12.8 Å². The summed E-state index contributed by atoms with van der Waals surface area (Å²) in [6.07, 6.45) is 4.82. The molecule has 1 fully saturated rings. The van der Waals surface area contributed by atoms with Crippen molar-refractivity contribution < 1.29 is 9.84 Å². The Hall–Kier alpha value is -0.490. The van der Waals surface area contributed by atoms with Gasteiger partial charge in [0.25, 0.3) is 0 Å². The van der Waals surface area contributed by atoms with E-state index < -0.39 is 0 Å². The van der Waals surface area contributed by atoms with Crippen LogP contribution in [0.4, 0.5) is 0 Å². The van der Waals surface area contributed by atoms with Crippen molar-refractivity contribution in [3.8, 4) is 0 Å². The molecule has 108 valence electrons. The van der Waals surface area contributed by atoms with Crippen LogP contribution in [0.15, 0.2) is 5.38 Å². The Kier molecular flexibility index (Phi) is 6.23. The zero-order valence-corrected chi connectivity index (χ0v) is 12.5. The molecule has 1 unspecified atom stereocenters. The number of thiazole rings is 1. The van der Waals surface area contributed by atoms with E-state index in [0.717, 1.165) is 49.8 Å². The normalized spacial score (nSPS) is 19.4. The smallest absolute Gasteiger partial charge is 0.122 e. The molecule has 1 aliphatic heterocycles. The Morgan fingerprint density at radius 2 is 2.42 bits per heavy atom. The van der Waals surface area contributed by atoms with Gasteiger partial charge >= 0.3 is 0 Å². The van der Waals surface area contributed by atoms with Crippen molar-refractivity contribution in [3.63, 3.8) is 0 Å². The van der Waals surface area contributed by atoms with Gasteiger partial charge in [0.15, 0.2) is 0 Å². The quantitative estimate of drug-likeness (QED) is 0.797. The predicted octanol–water partition coefficient (Wildman–Crippen LogP) is 2.59. The lowest BCUT2D eigenvalue weighted by atomic mass is 10.2. The first-order chi connectivity index (χ1) is 9.33. The Labute approximate surface area is 119 Å². The lowest BCUT2D eigenvalue weighted by Gasteiger charge is -2.19. The number of unbranched alkanes of at least 4 members (excludes halogenated alkanes) is 1. The van der Waals surface area contributed by atoms with Crippen molar-refractivity contribution in [2.45, 2.75) is 45.3 Å². The summed E-state index contributed by atoms with van der Waals surface area (Å²) in [6, 6.07) is 0. The second kappa shape index (κ2) is 7.94. The first-order valence-electron chi connectivity index (χ1n) is 7.22. The van der Waals surface area contributed by atoms with Gasteiger partial charge in [0.2, 0.25) is 0 Å². The number of ether oxygens (including phenoxy) is 1. The average molecular weight is 284 g/mol. The summed E-state index contributed by atoms with van der Waals surface area (Å²) in [5.74, 6) is 0. The summed E-state index contributed by atoms with van der Waals surface area (Å²) in [6.45, 7) is 5.87. The van der Waals surface area contributed by atoms with Gasteiger partial charge in [0.1, 0.15) is 11.1 Å². The van der Waals surface area contributed by atoms with Crippen LogP contribution >= 0.6 is 11.3 Å². The van der Waals surface area contributed by atoms with Crippen molar-refractivity contribution in [1.82, 2.24) is 9.88 Å². The summed E-state index contributed by atoms with van der Waals surface area (Å²) in [4.78, 5) is 6.97. The summed E-state index contributed by atoms with van der Waals surface area (Å²) >= 11 is 1.71. The predicted molar refractivity (Wildman–Crippen MR) is 77.3 cm³/mol. The molecule has 1 atom stereocenters. The van der Waals surface area contributed by atoms with E-state index in [-0.39, 0.29) is 12.7 Å². The molecular weight excluding hydrogens is 260 g/mol. The zero-order valence-electron chi connectivity index (χ0n) is 11.7. The Morgan fingerprint density at radius 1 is 1.53 bits per heavy atom. The Balaban J connectivity index is 1.89. The van der Waals surface area contributed by atoms with E-state index in [0.29, 0.717) is 0 Å². The largest absolute Gasteiger partial charge is 0.395 e. The second-order valence-corrected chi connectivity index (χ2v) is 5.92. The molecule has 5 heteroatoms. The molecule has 0 spiro atoms. The number of nitrogens with zero attached hydrogens (tertiary/aromatic N) is 2. The zero-order chi connectivity index (χ0) is 13.5. The van der Waals surface area contributed by atoms with Gasteiger partial charge in [0.05, 0.1) is 12.3 Å². The van der Waals surface area contributed by atoms with Gasteiger partial charge in [-0.3, -0.25) is 4.90 Å². The molecule has 0 bridgehead atoms. The van der Waals surface area contributed by atoms with Crippen molar-refractivity contribution >= 4 is 11.3 Å². The number of rotatable bonds is 8. The maximum absolute atomic E-state index is 9.11. The molecule has 0 aromatic carbocycles. The molecule has 1 N–H and O–H groups in total. The number of hydrogen-bond donors (Lipinski definition) is 1. The number of aromatic nitrogens is 1. The molecule has 19 heavy (non-hydrogen) atoms. The van der Waals surface area contributed by atoms with Crippen molar-refractivity contribution in [2.75, 3.05) is 26.3 Å². The van der Waals surface area contributed by atoms with Crippen LogP contribution in [-0.4, -0.2) is 41.3 Å². The molecule has 1 saturated heterocycles. The molecule has 0 radical (unpaired) electrons. The highest BCUT2D eigenvalue weighted by Gasteiger charge is 2.21. The first-order valence-corrected chi connectivity index (χ1v) is 8.10. The average Bonchev–Trinajstić information content (AvgIpc) is 3.06. The highest BCUT2D eigenvalue weighted by atomic mass is 32.1. The fourth-order valence-electron chi connectivity index (χ4n) is 2.34. The van der Waals surface area contributed by atoms with Gasteiger partial charge in [-0.1, -0.05) is 13.3 Å². The third-order valence-corrected chi connectivity index (χ3v) is 4.39. The molecule has 4 nitrogen and oxygen atoms in total. The van der Waals surface area contributed by atoms with Crippen LogP contribution in [0.5, 0.6) is 0 Å².